The summed E-state index contributed by atoms with van der Waals surface area (Å²) >= 11 is 0. The molecule has 106 valence electrons. The molecule has 0 amide bonds. The first-order chi connectivity index (χ1) is 10.4. The molecule has 21 heavy (non-hydrogen) atoms. The highest BCUT2D eigenvalue weighted by Crippen LogP contribution is 2.46. The minimum Gasteiger partial charge on any atom is -0.364 e. The fraction of sp³-hybridized carbons (Fsp3) is 0.300. The zero-order valence-corrected chi connectivity index (χ0v) is 12.2. The van der Waals surface area contributed by atoms with Gasteiger partial charge in [-0.2, -0.15) is 0 Å². The molecule has 5 rings (SSSR count). The summed E-state index contributed by atoms with van der Waals surface area (Å²) in [7, 11) is 0. The molecule has 0 saturated carbocycles. The quantitative estimate of drug-likeness (QED) is 0.634. The van der Waals surface area contributed by atoms with E-state index in [9.17, 15) is 0 Å². The highest BCUT2D eigenvalue weighted by molar-refractivity contribution is 5.55. The molecule has 0 radical (unpaired) electrons. The number of benzene rings is 2. The van der Waals surface area contributed by atoms with Gasteiger partial charge < -0.3 is 4.74 Å². The van der Waals surface area contributed by atoms with Gasteiger partial charge in [0.05, 0.1) is 6.10 Å². The van der Waals surface area contributed by atoms with Crippen LogP contribution in [0.25, 0.3) is 6.08 Å². The van der Waals surface area contributed by atoms with Crippen molar-refractivity contribution in [3.63, 3.8) is 0 Å². The molecular formula is C20H20O. The van der Waals surface area contributed by atoms with Crippen LogP contribution in [0.2, 0.25) is 0 Å². The van der Waals surface area contributed by atoms with E-state index in [1.54, 1.807) is 0 Å². The predicted octanol–water partition coefficient (Wildman–Crippen LogP) is 4.72. The number of ether oxygens (including phenoxy) is 1. The Balaban J connectivity index is 0.000000110. The number of allylic oxidation sites excluding steroid dienone is 1. The Morgan fingerprint density at radius 1 is 0.857 bits per heavy atom. The highest BCUT2D eigenvalue weighted by Gasteiger charge is 2.43. The maximum Gasteiger partial charge on any atom is 0.109 e. The molecule has 2 aromatic rings. The molecule has 2 atom stereocenters. The fourth-order valence-electron chi connectivity index (χ4n) is 3.35. The first-order valence-electron chi connectivity index (χ1n) is 7.89. The lowest BCUT2D eigenvalue weighted by Crippen LogP contribution is -2.03. The predicted molar refractivity (Wildman–Crippen MR) is 86.2 cm³/mol. The van der Waals surface area contributed by atoms with E-state index in [4.69, 9.17) is 4.74 Å². The average molecular weight is 276 g/mol. The van der Waals surface area contributed by atoms with Crippen LogP contribution in [0.1, 0.15) is 41.2 Å². The Bertz CT molecular complexity index is 671. The van der Waals surface area contributed by atoms with Crippen LogP contribution in [0.4, 0.5) is 0 Å². The number of fused-ring (bicyclic) bond motifs is 4. The van der Waals surface area contributed by atoms with Crippen molar-refractivity contribution in [2.45, 2.75) is 37.9 Å². The molecule has 0 unspecified atom stereocenters. The van der Waals surface area contributed by atoms with Crippen molar-refractivity contribution in [3.05, 3.63) is 76.9 Å². The maximum absolute atomic E-state index is 5.50. The molecule has 1 saturated heterocycles. The number of hydrogen-bond acceptors (Lipinski definition) is 1. The van der Waals surface area contributed by atoms with E-state index in [0.29, 0.717) is 12.2 Å². The van der Waals surface area contributed by atoms with Gasteiger partial charge in [-0.25, -0.2) is 0 Å². The minimum absolute atomic E-state index is 0.458. The van der Waals surface area contributed by atoms with Crippen LogP contribution in [0, 0.1) is 0 Å². The Hall–Kier alpha value is -1.86. The van der Waals surface area contributed by atoms with E-state index in [1.807, 2.05) is 0 Å². The molecule has 1 heteroatoms. The Morgan fingerprint density at radius 3 is 2.57 bits per heavy atom. The van der Waals surface area contributed by atoms with Gasteiger partial charge in [-0.1, -0.05) is 60.7 Å². The van der Waals surface area contributed by atoms with Gasteiger partial charge in [0.2, 0.25) is 0 Å². The van der Waals surface area contributed by atoms with Gasteiger partial charge in [0.1, 0.15) is 6.10 Å². The second kappa shape index (κ2) is 5.50. The van der Waals surface area contributed by atoms with E-state index in [1.165, 1.54) is 47.9 Å². The zero-order chi connectivity index (χ0) is 14.1. The Labute approximate surface area is 126 Å². The largest absolute Gasteiger partial charge is 0.364 e. The molecule has 1 aliphatic heterocycles. The van der Waals surface area contributed by atoms with Crippen molar-refractivity contribution in [3.8, 4) is 0 Å². The van der Waals surface area contributed by atoms with Crippen LogP contribution in [-0.4, -0.2) is 6.10 Å². The van der Waals surface area contributed by atoms with Crippen molar-refractivity contribution in [1.82, 2.24) is 0 Å². The number of epoxide rings is 1. The number of rotatable bonds is 0. The van der Waals surface area contributed by atoms with Crippen molar-refractivity contribution in [1.29, 1.82) is 0 Å². The van der Waals surface area contributed by atoms with Gasteiger partial charge in [0, 0.05) is 0 Å². The summed E-state index contributed by atoms with van der Waals surface area (Å²) in [6.07, 6.45) is 10.3. The van der Waals surface area contributed by atoms with E-state index < -0.39 is 0 Å². The summed E-state index contributed by atoms with van der Waals surface area (Å²) in [6.45, 7) is 0. The lowest BCUT2D eigenvalue weighted by atomic mass is 9.92. The monoisotopic (exact) mass is 276 g/mol. The average Bonchev–Trinajstić information content (AvgIpc) is 3.36. The molecule has 2 aliphatic carbocycles. The van der Waals surface area contributed by atoms with Crippen molar-refractivity contribution in [2.24, 2.45) is 0 Å². The molecule has 0 spiro atoms. The summed E-state index contributed by atoms with van der Waals surface area (Å²) in [5.74, 6) is 0. The molecule has 1 fully saturated rings. The summed E-state index contributed by atoms with van der Waals surface area (Å²) in [6, 6.07) is 17.2. The standard InChI is InChI=1S/C10H10O.C10H10/c1-2-4-8-7(3-1)5-6-9-10(8)11-9;1-2-6-10-8-4-3-7-9(10)5-1/h1-4,9-10H,5-6H2;1-3,5-7H,4,8H2/t9-,10+;/m1./s1. The third-order valence-electron chi connectivity index (χ3n) is 4.58. The number of aryl methyl sites for hydroxylation is 2. The van der Waals surface area contributed by atoms with Crippen LogP contribution in [0.15, 0.2) is 54.6 Å². The summed E-state index contributed by atoms with van der Waals surface area (Å²) in [5.41, 5.74) is 5.81. The Kier molecular flexibility index (Phi) is 3.36. The molecule has 0 bridgehead atoms. The zero-order valence-electron chi connectivity index (χ0n) is 12.2. The van der Waals surface area contributed by atoms with Crippen molar-refractivity contribution in [2.75, 3.05) is 0 Å². The minimum atomic E-state index is 0.458. The normalized spacial score (nSPS) is 24.0. The van der Waals surface area contributed by atoms with Gasteiger partial charge in [-0.15, -0.1) is 0 Å². The Morgan fingerprint density at radius 2 is 1.67 bits per heavy atom. The third kappa shape index (κ3) is 2.66. The van der Waals surface area contributed by atoms with E-state index in [-0.39, 0.29) is 0 Å². The highest BCUT2D eigenvalue weighted by atomic mass is 16.6. The SMILES string of the molecule is C1=Cc2ccccc2CC1.c1ccc2c(c1)CC[C@H]1O[C@@H]21. The van der Waals surface area contributed by atoms with Gasteiger partial charge in [0.25, 0.3) is 0 Å². The molecule has 2 aromatic carbocycles. The summed E-state index contributed by atoms with van der Waals surface area (Å²) in [5, 5.41) is 0. The van der Waals surface area contributed by atoms with Gasteiger partial charge >= 0.3 is 0 Å². The lowest BCUT2D eigenvalue weighted by molar-refractivity contribution is 0.373. The fourth-order valence-corrected chi connectivity index (χ4v) is 3.35. The molecule has 3 aliphatic rings. The topological polar surface area (TPSA) is 12.5 Å². The smallest absolute Gasteiger partial charge is 0.109 e. The van der Waals surface area contributed by atoms with Crippen LogP contribution in [0.3, 0.4) is 0 Å². The van der Waals surface area contributed by atoms with Gasteiger partial charge in [-0.3, -0.25) is 0 Å². The van der Waals surface area contributed by atoms with Crippen LogP contribution in [-0.2, 0) is 17.6 Å². The maximum atomic E-state index is 5.50. The molecule has 1 heterocycles. The summed E-state index contributed by atoms with van der Waals surface area (Å²) < 4.78 is 5.50. The second-order valence-electron chi connectivity index (χ2n) is 5.97. The third-order valence-corrected chi connectivity index (χ3v) is 4.58. The lowest BCUT2D eigenvalue weighted by Gasteiger charge is -2.09. The first kappa shape index (κ1) is 12.8. The van der Waals surface area contributed by atoms with Crippen molar-refractivity contribution >= 4 is 6.08 Å². The van der Waals surface area contributed by atoms with Crippen molar-refractivity contribution < 1.29 is 4.74 Å². The van der Waals surface area contributed by atoms with E-state index in [2.05, 4.69) is 60.7 Å². The van der Waals surface area contributed by atoms with E-state index >= 15 is 0 Å². The first-order valence-corrected chi connectivity index (χ1v) is 7.89. The number of hydrogen-bond donors (Lipinski definition) is 0. The van der Waals surface area contributed by atoms with Crippen LogP contribution >= 0.6 is 0 Å². The second-order valence-corrected chi connectivity index (χ2v) is 5.97. The van der Waals surface area contributed by atoms with Gasteiger partial charge in [-0.05, 0) is 47.9 Å². The van der Waals surface area contributed by atoms with Crippen LogP contribution in [0.5, 0.6) is 0 Å². The molecule has 0 N–H and O–H groups in total. The van der Waals surface area contributed by atoms with Gasteiger partial charge in [0.15, 0.2) is 0 Å². The summed E-state index contributed by atoms with van der Waals surface area (Å²) in [4.78, 5) is 0. The van der Waals surface area contributed by atoms with E-state index in [0.717, 1.165) is 0 Å². The van der Waals surface area contributed by atoms with Crippen LogP contribution < -0.4 is 0 Å². The molecular weight excluding hydrogens is 256 g/mol. The molecule has 1 nitrogen and oxygen atoms in total. The molecule has 0 aromatic heterocycles.